The molecule has 0 saturated heterocycles. The first-order valence-electron chi connectivity index (χ1n) is 7.52. The predicted octanol–water partition coefficient (Wildman–Crippen LogP) is 0.708. The summed E-state index contributed by atoms with van der Waals surface area (Å²) in [7, 11) is -3.71. The van der Waals surface area contributed by atoms with Crippen molar-refractivity contribution in [1.29, 1.82) is 0 Å². The summed E-state index contributed by atoms with van der Waals surface area (Å²) in [6.45, 7) is 0.140. The van der Waals surface area contributed by atoms with Gasteiger partial charge in [-0.1, -0.05) is 19.3 Å². The van der Waals surface area contributed by atoms with E-state index in [9.17, 15) is 18.0 Å². The highest BCUT2D eigenvalue weighted by molar-refractivity contribution is 7.91. The molecule has 1 saturated carbocycles. The third-order valence-corrected chi connectivity index (χ3v) is 6.30. The number of thiophene rings is 1. The van der Waals surface area contributed by atoms with Gasteiger partial charge in [0.25, 0.3) is 0 Å². The van der Waals surface area contributed by atoms with Gasteiger partial charge in [-0.15, -0.1) is 11.3 Å². The van der Waals surface area contributed by atoms with Gasteiger partial charge in [0.1, 0.15) is 4.21 Å². The second kappa shape index (κ2) is 7.89. The molecule has 0 atom stereocenters. The van der Waals surface area contributed by atoms with Crippen LogP contribution in [0.25, 0.3) is 0 Å². The van der Waals surface area contributed by atoms with Crippen LogP contribution in [0.5, 0.6) is 0 Å². The van der Waals surface area contributed by atoms with Crippen LogP contribution in [0.15, 0.2) is 16.3 Å². The third-order valence-electron chi connectivity index (χ3n) is 3.78. The molecule has 1 aliphatic carbocycles. The van der Waals surface area contributed by atoms with Crippen molar-refractivity contribution < 1.29 is 18.0 Å². The third kappa shape index (κ3) is 5.60. The highest BCUT2D eigenvalue weighted by Crippen LogP contribution is 2.23. The molecular formula is C14H21N3O4S2. The fraction of sp³-hybridized carbons (Fsp3) is 0.571. The summed E-state index contributed by atoms with van der Waals surface area (Å²) < 4.78 is 22.4. The molecule has 0 spiro atoms. The molecule has 9 heteroatoms. The van der Waals surface area contributed by atoms with Gasteiger partial charge in [0, 0.05) is 10.8 Å². The zero-order chi connectivity index (χ0) is 16.9. The van der Waals surface area contributed by atoms with Crippen LogP contribution < -0.4 is 15.8 Å². The zero-order valence-corrected chi connectivity index (χ0v) is 14.3. The molecule has 7 nitrogen and oxygen atoms in total. The van der Waals surface area contributed by atoms with Crippen molar-refractivity contribution in [3.63, 3.8) is 0 Å². The molecule has 0 unspecified atom stereocenters. The summed E-state index contributed by atoms with van der Waals surface area (Å²) in [5, 5.41) is 10.3. The number of carbonyl (C=O) groups is 2. The molecule has 1 heterocycles. The molecule has 128 valence electrons. The van der Waals surface area contributed by atoms with Crippen LogP contribution in [0.4, 0.5) is 0 Å². The number of nitrogens with one attached hydrogen (secondary N) is 2. The van der Waals surface area contributed by atoms with Crippen LogP contribution in [0.1, 0.15) is 37.0 Å². The minimum atomic E-state index is -3.71. The predicted molar refractivity (Wildman–Crippen MR) is 87.1 cm³/mol. The number of amides is 2. The topological polar surface area (TPSA) is 118 Å². The Morgan fingerprint density at radius 2 is 1.87 bits per heavy atom. The van der Waals surface area contributed by atoms with E-state index in [-0.39, 0.29) is 35.0 Å². The van der Waals surface area contributed by atoms with Gasteiger partial charge >= 0.3 is 0 Å². The first kappa shape index (κ1) is 17.9. The normalized spacial score (nSPS) is 16.0. The molecule has 1 aliphatic rings. The Hall–Kier alpha value is -1.45. The van der Waals surface area contributed by atoms with Crippen LogP contribution >= 0.6 is 11.3 Å². The van der Waals surface area contributed by atoms with Gasteiger partial charge in [-0.2, -0.15) is 0 Å². The zero-order valence-electron chi connectivity index (χ0n) is 12.7. The lowest BCUT2D eigenvalue weighted by molar-refractivity contribution is -0.129. The SMILES string of the molecule is NS(=O)(=O)c1ccc(CNC(=O)CNC(=O)C2CCCCC2)s1. The number of rotatable bonds is 6. The van der Waals surface area contributed by atoms with Crippen LogP contribution in [-0.2, 0) is 26.2 Å². The maximum Gasteiger partial charge on any atom is 0.247 e. The van der Waals surface area contributed by atoms with E-state index in [0.717, 1.165) is 37.0 Å². The Balaban J connectivity index is 1.72. The molecule has 1 aromatic rings. The fourth-order valence-corrected chi connectivity index (χ4v) is 4.25. The number of sulfonamides is 1. The van der Waals surface area contributed by atoms with E-state index in [2.05, 4.69) is 10.6 Å². The molecule has 23 heavy (non-hydrogen) atoms. The van der Waals surface area contributed by atoms with Crippen molar-refractivity contribution in [3.05, 3.63) is 17.0 Å². The molecule has 0 aliphatic heterocycles. The smallest absolute Gasteiger partial charge is 0.247 e. The molecule has 4 N–H and O–H groups in total. The summed E-state index contributed by atoms with van der Waals surface area (Å²) in [6, 6.07) is 3.01. The molecular weight excluding hydrogens is 338 g/mol. The lowest BCUT2D eigenvalue weighted by atomic mass is 9.89. The number of nitrogens with two attached hydrogens (primary N) is 1. The van der Waals surface area contributed by atoms with E-state index in [1.807, 2.05) is 0 Å². The van der Waals surface area contributed by atoms with E-state index in [1.54, 1.807) is 6.07 Å². The number of hydrogen-bond acceptors (Lipinski definition) is 5. The summed E-state index contributed by atoms with van der Waals surface area (Å²) in [5.74, 6) is -0.349. The standard InChI is InChI=1S/C14H21N3O4S2/c15-23(20,21)13-7-6-11(22-13)8-16-12(18)9-17-14(19)10-4-2-1-3-5-10/h6-7,10H,1-5,8-9H2,(H,16,18)(H,17,19)(H2,15,20,21). The van der Waals surface area contributed by atoms with Crippen LogP contribution in [0.3, 0.4) is 0 Å². The lowest BCUT2D eigenvalue weighted by Gasteiger charge is -2.20. The first-order chi connectivity index (χ1) is 10.9. The quantitative estimate of drug-likeness (QED) is 0.693. The highest BCUT2D eigenvalue weighted by Gasteiger charge is 2.21. The summed E-state index contributed by atoms with van der Waals surface area (Å²) in [4.78, 5) is 24.3. The number of primary sulfonamides is 1. The Kier molecular flexibility index (Phi) is 6.14. The average molecular weight is 359 g/mol. The van der Waals surface area contributed by atoms with Crippen molar-refractivity contribution in [2.24, 2.45) is 11.1 Å². The van der Waals surface area contributed by atoms with Crippen LogP contribution in [-0.4, -0.2) is 26.8 Å². The molecule has 2 amide bonds. The Morgan fingerprint density at radius 3 is 2.48 bits per heavy atom. The molecule has 1 fully saturated rings. The van der Waals surface area contributed by atoms with Gasteiger partial charge in [-0.3, -0.25) is 9.59 Å². The van der Waals surface area contributed by atoms with E-state index in [1.165, 1.54) is 12.5 Å². The van der Waals surface area contributed by atoms with E-state index >= 15 is 0 Å². The van der Waals surface area contributed by atoms with Crippen molar-refractivity contribution in [2.45, 2.75) is 42.9 Å². The summed E-state index contributed by atoms with van der Waals surface area (Å²) in [5.41, 5.74) is 0. The Bertz CT molecular complexity index is 663. The largest absolute Gasteiger partial charge is 0.350 e. The number of hydrogen-bond donors (Lipinski definition) is 3. The average Bonchev–Trinajstić information content (AvgIpc) is 3.00. The molecule has 1 aromatic heterocycles. The minimum Gasteiger partial charge on any atom is -0.350 e. The van der Waals surface area contributed by atoms with Crippen LogP contribution in [0, 0.1) is 5.92 Å². The molecule has 0 aromatic carbocycles. The van der Waals surface area contributed by atoms with Crippen LogP contribution in [0.2, 0.25) is 0 Å². The molecule has 0 radical (unpaired) electrons. The minimum absolute atomic E-state index is 0.0196. The van der Waals surface area contributed by atoms with E-state index in [0.29, 0.717) is 4.88 Å². The Labute approximate surface area is 139 Å². The maximum absolute atomic E-state index is 11.9. The number of carbonyl (C=O) groups excluding carboxylic acids is 2. The monoisotopic (exact) mass is 359 g/mol. The van der Waals surface area contributed by atoms with Gasteiger partial charge < -0.3 is 10.6 Å². The maximum atomic E-state index is 11.9. The van der Waals surface area contributed by atoms with Gasteiger partial charge in [0.2, 0.25) is 21.8 Å². The van der Waals surface area contributed by atoms with Crippen molar-refractivity contribution in [3.8, 4) is 0 Å². The second-order valence-corrected chi connectivity index (χ2v) is 8.55. The molecule has 2 rings (SSSR count). The summed E-state index contributed by atoms with van der Waals surface area (Å²) >= 11 is 1.01. The van der Waals surface area contributed by atoms with Gasteiger partial charge in [-0.25, -0.2) is 13.6 Å². The highest BCUT2D eigenvalue weighted by atomic mass is 32.2. The van der Waals surface area contributed by atoms with Crippen molar-refractivity contribution in [2.75, 3.05) is 6.54 Å². The first-order valence-corrected chi connectivity index (χ1v) is 9.88. The van der Waals surface area contributed by atoms with E-state index < -0.39 is 10.0 Å². The van der Waals surface area contributed by atoms with E-state index in [4.69, 9.17) is 5.14 Å². The van der Waals surface area contributed by atoms with Gasteiger partial charge in [0.15, 0.2) is 0 Å². The summed E-state index contributed by atoms with van der Waals surface area (Å²) in [6.07, 6.45) is 5.08. The van der Waals surface area contributed by atoms with Crippen molar-refractivity contribution >= 4 is 33.2 Å². The van der Waals surface area contributed by atoms with Crippen molar-refractivity contribution in [1.82, 2.24) is 10.6 Å². The lowest BCUT2D eigenvalue weighted by Crippen LogP contribution is -2.39. The van der Waals surface area contributed by atoms with Gasteiger partial charge in [-0.05, 0) is 25.0 Å². The fourth-order valence-electron chi connectivity index (χ4n) is 2.53. The second-order valence-electron chi connectivity index (χ2n) is 5.60. The van der Waals surface area contributed by atoms with Gasteiger partial charge in [0.05, 0.1) is 13.1 Å². The molecule has 0 bridgehead atoms. The Morgan fingerprint density at radius 1 is 1.17 bits per heavy atom.